The quantitative estimate of drug-likeness (QED) is 0.666. The van der Waals surface area contributed by atoms with Gasteiger partial charge in [-0.1, -0.05) is 41.9 Å². The number of nitrogens with zero attached hydrogens (tertiary/aromatic N) is 1. The molecular weight excluding hydrogens is 360 g/mol. The molecule has 2 heterocycles. The summed E-state index contributed by atoms with van der Waals surface area (Å²) in [6.45, 7) is 2.84. The van der Waals surface area contributed by atoms with Crippen molar-refractivity contribution in [2.45, 2.75) is 13.0 Å². The third-order valence-corrected chi connectivity index (χ3v) is 5.21. The summed E-state index contributed by atoms with van der Waals surface area (Å²) >= 11 is 6.38. The molecule has 0 aliphatic carbocycles. The summed E-state index contributed by atoms with van der Waals surface area (Å²) in [6, 6.07) is 14.4. The molecule has 1 N–H and O–H groups in total. The molecule has 4 nitrogen and oxygen atoms in total. The van der Waals surface area contributed by atoms with Crippen molar-refractivity contribution in [3.8, 4) is 0 Å². The molecule has 0 bridgehead atoms. The second kappa shape index (κ2) is 7.59. The van der Waals surface area contributed by atoms with Gasteiger partial charge >= 0.3 is 5.97 Å². The summed E-state index contributed by atoms with van der Waals surface area (Å²) in [6.07, 6.45) is 4.36. The number of hydrogen-bond acceptors (Lipinski definition) is 3. The minimum atomic E-state index is -0.260. The number of likely N-dealkylation sites (tertiary alicyclic amines) is 1. The zero-order chi connectivity index (χ0) is 18.8. The van der Waals surface area contributed by atoms with E-state index in [1.165, 1.54) is 29.1 Å². The Morgan fingerprint density at radius 2 is 2.00 bits per heavy atom. The molecule has 1 aromatic heterocycles. The van der Waals surface area contributed by atoms with E-state index in [4.69, 9.17) is 16.3 Å². The molecule has 5 heteroatoms. The van der Waals surface area contributed by atoms with E-state index in [1.54, 1.807) is 0 Å². The first-order valence-electron chi connectivity index (χ1n) is 8.94. The van der Waals surface area contributed by atoms with Gasteiger partial charge in [-0.2, -0.15) is 0 Å². The van der Waals surface area contributed by atoms with Crippen LogP contribution in [0.1, 0.15) is 16.7 Å². The highest BCUT2D eigenvalue weighted by Gasteiger charge is 2.20. The molecule has 0 spiro atoms. The third-order valence-electron chi connectivity index (χ3n) is 4.88. The van der Waals surface area contributed by atoms with Crippen molar-refractivity contribution in [2.24, 2.45) is 0 Å². The van der Waals surface area contributed by atoms with Crippen LogP contribution in [0.25, 0.3) is 17.0 Å². The van der Waals surface area contributed by atoms with Gasteiger partial charge in [-0.25, -0.2) is 0 Å². The van der Waals surface area contributed by atoms with Crippen molar-refractivity contribution >= 4 is 34.5 Å². The third kappa shape index (κ3) is 4.07. The Hall–Kier alpha value is -2.56. The van der Waals surface area contributed by atoms with Crippen LogP contribution in [0.2, 0.25) is 5.02 Å². The van der Waals surface area contributed by atoms with E-state index in [0.717, 1.165) is 30.8 Å². The molecule has 138 valence electrons. The van der Waals surface area contributed by atoms with E-state index in [-0.39, 0.29) is 12.4 Å². The van der Waals surface area contributed by atoms with Gasteiger partial charge in [0.15, 0.2) is 0 Å². The van der Waals surface area contributed by atoms with Crippen LogP contribution in [0.5, 0.6) is 0 Å². The first kappa shape index (κ1) is 17.8. The van der Waals surface area contributed by atoms with Crippen LogP contribution in [0.3, 0.4) is 0 Å². The highest BCUT2D eigenvalue weighted by atomic mass is 35.5. The molecule has 3 aromatic rings. The number of carbonyl (C=O) groups is 1. The van der Waals surface area contributed by atoms with Crippen LogP contribution in [0, 0.1) is 0 Å². The summed E-state index contributed by atoms with van der Waals surface area (Å²) in [5, 5.41) is 1.91. The molecule has 4 rings (SSSR count). The molecule has 0 amide bonds. The number of rotatable bonds is 5. The second-order valence-corrected chi connectivity index (χ2v) is 7.36. The topological polar surface area (TPSA) is 45.3 Å². The average molecular weight is 381 g/mol. The summed E-state index contributed by atoms with van der Waals surface area (Å²) in [7, 11) is 1.39. The van der Waals surface area contributed by atoms with Crippen molar-refractivity contribution < 1.29 is 9.53 Å². The van der Waals surface area contributed by atoms with Gasteiger partial charge < -0.3 is 9.72 Å². The minimum Gasteiger partial charge on any atom is -0.469 e. The van der Waals surface area contributed by atoms with Crippen LogP contribution in [-0.4, -0.2) is 36.1 Å². The molecule has 27 heavy (non-hydrogen) atoms. The van der Waals surface area contributed by atoms with Crippen molar-refractivity contribution in [3.63, 3.8) is 0 Å². The molecule has 1 aliphatic rings. The number of esters is 1. The molecule has 0 radical (unpaired) electrons. The summed E-state index contributed by atoms with van der Waals surface area (Å²) in [5.74, 6) is -0.260. The normalized spacial score (nSPS) is 14.2. The number of carbonyl (C=O) groups excluding carboxylic acids is 1. The van der Waals surface area contributed by atoms with Crippen molar-refractivity contribution in [2.75, 3.05) is 20.2 Å². The molecular formula is C22H21ClN2O2. The lowest BCUT2D eigenvalue weighted by Crippen LogP contribution is -2.39. The smallest absolute Gasteiger partial charge is 0.309 e. The van der Waals surface area contributed by atoms with Gasteiger partial charge in [0.05, 0.1) is 13.5 Å². The number of aromatic nitrogens is 1. The number of H-pyrrole nitrogens is 1. The standard InChI is InChI=1S/C22H21ClN2O2/c1-27-22(26)11-15-2-5-19(20(23)9-15)8-17-13-25(14-17)12-16-3-4-18-6-7-24-21(18)10-16/h2-10,24H,11-14H2,1H3. The van der Waals surface area contributed by atoms with Gasteiger partial charge in [0, 0.05) is 36.4 Å². The Morgan fingerprint density at radius 1 is 1.19 bits per heavy atom. The Kier molecular flexibility index (Phi) is 5.01. The zero-order valence-electron chi connectivity index (χ0n) is 15.2. The monoisotopic (exact) mass is 380 g/mol. The van der Waals surface area contributed by atoms with Gasteiger partial charge in [0.2, 0.25) is 0 Å². The average Bonchev–Trinajstić information content (AvgIpc) is 3.09. The van der Waals surface area contributed by atoms with Gasteiger partial charge in [-0.3, -0.25) is 9.69 Å². The number of aromatic amines is 1. The van der Waals surface area contributed by atoms with Crippen LogP contribution in [0.15, 0.2) is 54.2 Å². The lowest BCUT2D eigenvalue weighted by molar-refractivity contribution is -0.139. The largest absolute Gasteiger partial charge is 0.469 e. The Morgan fingerprint density at radius 3 is 2.78 bits per heavy atom. The first-order chi connectivity index (χ1) is 13.1. The summed E-state index contributed by atoms with van der Waals surface area (Å²) in [4.78, 5) is 17.0. The Bertz CT molecular complexity index is 1010. The van der Waals surface area contributed by atoms with Crippen LogP contribution >= 0.6 is 11.6 Å². The van der Waals surface area contributed by atoms with E-state index in [1.807, 2.05) is 24.4 Å². The van der Waals surface area contributed by atoms with Gasteiger partial charge in [0.1, 0.15) is 0 Å². The molecule has 0 saturated carbocycles. The maximum atomic E-state index is 11.4. The Balaban J connectivity index is 1.37. The van der Waals surface area contributed by atoms with E-state index >= 15 is 0 Å². The van der Waals surface area contributed by atoms with E-state index < -0.39 is 0 Å². The fourth-order valence-corrected chi connectivity index (χ4v) is 3.70. The van der Waals surface area contributed by atoms with Gasteiger partial charge in [-0.15, -0.1) is 0 Å². The lowest BCUT2D eigenvalue weighted by Gasteiger charge is -2.34. The van der Waals surface area contributed by atoms with Crippen molar-refractivity contribution in [1.82, 2.24) is 9.88 Å². The summed E-state index contributed by atoms with van der Waals surface area (Å²) in [5.41, 5.74) is 5.71. The lowest BCUT2D eigenvalue weighted by atomic mass is 10.0. The maximum Gasteiger partial charge on any atom is 0.309 e. The van der Waals surface area contributed by atoms with Crippen molar-refractivity contribution in [3.05, 3.63) is 75.9 Å². The predicted octanol–water partition coefficient (Wildman–Crippen LogP) is 4.44. The van der Waals surface area contributed by atoms with Crippen LogP contribution in [0.4, 0.5) is 0 Å². The van der Waals surface area contributed by atoms with Crippen LogP contribution < -0.4 is 0 Å². The number of halogens is 1. The zero-order valence-corrected chi connectivity index (χ0v) is 15.9. The molecule has 0 unspecified atom stereocenters. The van der Waals surface area contributed by atoms with E-state index in [9.17, 15) is 4.79 Å². The minimum absolute atomic E-state index is 0.242. The van der Waals surface area contributed by atoms with Crippen molar-refractivity contribution in [1.29, 1.82) is 0 Å². The Labute approximate surface area is 163 Å². The van der Waals surface area contributed by atoms with Gasteiger partial charge in [0.25, 0.3) is 0 Å². The molecule has 1 saturated heterocycles. The molecule has 0 atom stereocenters. The van der Waals surface area contributed by atoms with Crippen LogP contribution in [-0.2, 0) is 22.5 Å². The first-order valence-corrected chi connectivity index (χ1v) is 9.31. The fraction of sp³-hybridized carbons (Fsp3) is 0.227. The highest BCUT2D eigenvalue weighted by Crippen LogP contribution is 2.26. The predicted molar refractivity (Wildman–Crippen MR) is 109 cm³/mol. The molecule has 1 aliphatic heterocycles. The second-order valence-electron chi connectivity index (χ2n) is 6.96. The SMILES string of the molecule is COC(=O)Cc1ccc(C=C2CN(Cc3ccc4cc[nH]c4c3)C2)c(Cl)c1. The molecule has 2 aromatic carbocycles. The molecule has 1 fully saturated rings. The maximum absolute atomic E-state index is 11.4. The van der Waals surface area contributed by atoms with E-state index in [0.29, 0.717) is 5.02 Å². The number of ether oxygens (including phenoxy) is 1. The van der Waals surface area contributed by atoms with Gasteiger partial charge in [-0.05, 0) is 45.8 Å². The number of methoxy groups -OCH3 is 1. The number of nitrogens with one attached hydrogen (secondary N) is 1. The van der Waals surface area contributed by atoms with E-state index in [2.05, 4.69) is 40.2 Å². The number of benzene rings is 2. The highest BCUT2D eigenvalue weighted by molar-refractivity contribution is 6.32. The summed E-state index contributed by atoms with van der Waals surface area (Å²) < 4.78 is 4.69. The number of hydrogen-bond donors (Lipinski definition) is 1. The fourth-order valence-electron chi connectivity index (χ4n) is 3.44. The number of fused-ring (bicyclic) bond motifs is 1.